The van der Waals surface area contributed by atoms with Crippen LogP contribution in [0.3, 0.4) is 0 Å². The van der Waals surface area contributed by atoms with E-state index in [2.05, 4.69) is 20.5 Å². The van der Waals surface area contributed by atoms with Crippen LogP contribution in [0.4, 0.5) is 0 Å². The van der Waals surface area contributed by atoms with Gasteiger partial charge in [-0.15, -0.1) is 0 Å². The van der Waals surface area contributed by atoms with Crippen LogP contribution >= 0.6 is 0 Å². The van der Waals surface area contributed by atoms with E-state index in [1.807, 2.05) is 24.6 Å². The minimum absolute atomic E-state index is 0.293. The van der Waals surface area contributed by atoms with Gasteiger partial charge in [-0.3, -0.25) is 10.5 Å². The molecular weight excluding hydrogens is 244 g/mol. The second-order valence-corrected chi connectivity index (χ2v) is 4.04. The Morgan fingerprint density at radius 1 is 1.53 bits per heavy atom. The van der Waals surface area contributed by atoms with Crippen molar-refractivity contribution in [2.45, 2.75) is 26.4 Å². The van der Waals surface area contributed by atoms with Crippen LogP contribution in [0.5, 0.6) is 5.75 Å². The summed E-state index contributed by atoms with van der Waals surface area (Å²) >= 11 is 0. The molecule has 2 aromatic heterocycles. The number of nitrogens with zero attached hydrogens (tertiary/aromatic N) is 4. The van der Waals surface area contributed by atoms with Gasteiger partial charge in [0.25, 0.3) is 0 Å². The van der Waals surface area contributed by atoms with E-state index in [0.717, 1.165) is 17.9 Å². The van der Waals surface area contributed by atoms with Gasteiger partial charge in [-0.05, 0) is 19.9 Å². The number of ether oxygens (including phenoxy) is 1. The number of aromatic nitrogens is 4. The van der Waals surface area contributed by atoms with Crippen molar-refractivity contribution in [3.8, 4) is 5.75 Å². The van der Waals surface area contributed by atoms with Crippen molar-refractivity contribution in [1.82, 2.24) is 25.2 Å². The molecule has 7 nitrogen and oxygen atoms in total. The van der Waals surface area contributed by atoms with E-state index in [-0.39, 0.29) is 6.04 Å². The van der Waals surface area contributed by atoms with E-state index in [1.165, 1.54) is 0 Å². The van der Waals surface area contributed by atoms with Crippen LogP contribution in [0.1, 0.15) is 30.2 Å². The topological polar surface area (TPSA) is 90.9 Å². The lowest BCUT2D eigenvalue weighted by Gasteiger charge is -2.18. The fraction of sp³-hybridized carbons (Fsp3) is 0.417. The molecule has 1 unspecified atom stereocenters. The molecule has 0 spiro atoms. The number of hydrogen-bond donors (Lipinski definition) is 2. The Morgan fingerprint density at radius 2 is 2.32 bits per heavy atom. The fourth-order valence-corrected chi connectivity index (χ4v) is 2.02. The minimum Gasteiger partial charge on any atom is -0.493 e. The quantitative estimate of drug-likeness (QED) is 0.604. The lowest BCUT2D eigenvalue weighted by atomic mass is 10.1. The Kier molecular flexibility index (Phi) is 4.08. The van der Waals surface area contributed by atoms with Gasteiger partial charge in [-0.2, -0.15) is 5.10 Å². The minimum atomic E-state index is -0.293. The molecule has 3 N–H and O–H groups in total. The molecule has 102 valence electrons. The molecule has 0 aliphatic heterocycles. The second-order valence-electron chi connectivity index (χ2n) is 4.04. The lowest BCUT2D eigenvalue weighted by Crippen LogP contribution is -2.31. The Bertz CT molecular complexity index is 531. The third-order valence-electron chi connectivity index (χ3n) is 2.90. The van der Waals surface area contributed by atoms with Gasteiger partial charge in [0.15, 0.2) is 5.75 Å². The highest BCUT2D eigenvalue weighted by Gasteiger charge is 2.23. The SMILES string of the molecule is CCn1ncc(OC)c1C(NN)c1ccnc(C)n1. The zero-order valence-corrected chi connectivity index (χ0v) is 11.3. The maximum atomic E-state index is 5.69. The summed E-state index contributed by atoms with van der Waals surface area (Å²) in [4.78, 5) is 8.49. The number of methoxy groups -OCH3 is 1. The first-order chi connectivity index (χ1) is 9.21. The molecule has 0 radical (unpaired) electrons. The first-order valence-corrected chi connectivity index (χ1v) is 6.06. The van der Waals surface area contributed by atoms with E-state index in [1.54, 1.807) is 19.5 Å². The van der Waals surface area contributed by atoms with Crippen molar-refractivity contribution < 1.29 is 4.74 Å². The van der Waals surface area contributed by atoms with Crippen LogP contribution < -0.4 is 16.0 Å². The largest absolute Gasteiger partial charge is 0.493 e. The molecule has 2 rings (SSSR count). The summed E-state index contributed by atoms with van der Waals surface area (Å²) in [6.07, 6.45) is 3.39. The van der Waals surface area contributed by atoms with E-state index in [0.29, 0.717) is 11.6 Å². The summed E-state index contributed by atoms with van der Waals surface area (Å²) in [6, 6.07) is 1.53. The molecule has 0 aliphatic carbocycles. The second kappa shape index (κ2) is 5.77. The van der Waals surface area contributed by atoms with Crippen LogP contribution in [0, 0.1) is 6.92 Å². The summed E-state index contributed by atoms with van der Waals surface area (Å²) < 4.78 is 7.17. The zero-order chi connectivity index (χ0) is 13.8. The molecule has 19 heavy (non-hydrogen) atoms. The maximum absolute atomic E-state index is 5.69. The van der Waals surface area contributed by atoms with Gasteiger partial charge in [0.2, 0.25) is 0 Å². The first-order valence-electron chi connectivity index (χ1n) is 6.06. The van der Waals surface area contributed by atoms with Gasteiger partial charge in [-0.25, -0.2) is 15.4 Å². The molecule has 1 atom stereocenters. The van der Waals surface area contributed by atoms with Crippen molar-refractivity contribution >= 4 is 0 Å². The molecule has 7 heteroatoms. The Labute approximate surface area is 111 Å². The molecule has 2 heterocycles. The van der Waals surface area contributed by atoms with Crippen LogP contribution in [0.2, 0.25) is 0 Å². The molecule has 0 fully saturated rings. The van der Waals surface area contributed by atoms with Crippen molar-refractivity contribution in [1.29, 1.82) is 0 Å². The lowest BCUT2D eigenvalue weighted by molar-refractivity contribution is 0.398. The number of nitrogens with two attached hydrogens (primary N) is 1. The molecule has 2 aromatic rings. The summed E-state index contributed by atoms with van der Waals surface area (Å²) in [5.74, 6) is 7.06. The first kappa shape index (κ1) is 13.4. The third kappa shape index (κ3) is 2.56. The highest BCUT2D eigenvalue weighted by Crippen LogP contribution is 2.28. The summed E-state index contributed by atoms with van der Waals surface area (Å²) in [7, 11) is 1.61. The van der Waals surface area contributed by atoms with Crippen LogP contribution in [0.15, 0.2) is 18.5 Å². The molecule has 0 saturated heterocycles. The van der Waals surface area contributed by atoms with Gasteiger partial charge < -0.3 is 4.74 Å². The monoisotopic (exact) mass is 262 g/mol. The number of hydrogen-bond acceptors (Lipinski definition) is 6. The van der Waals surface area contributed by atoms with Gasteiger partial charge in [0.1, 0.15) is 17.6 Å². The van der Waals surface area contributed by atoms with E-state index in [4.69, 9.17) is 10.6 Å². The highest BCUT2D eigenvalue weighted by atomic mass is 16.5. The molecular formula is C12H18N6O. The van der Waals surface area contributed by atoms with Crippen LogP contribution in [-0.2, 0) is 6.54 Å². The summed E-state index contributed by atoms with van der Waals surface area (Å²) in [5.41, 5.74) is 4.40. The maximum Gasteiger partial charge on any atom is 0.162 e. The van der Waals surface area contributed by atoms with Crippen molar-refractivity contribution in [3.63, 3.8) is 0 Å². The number of rotatable bonds is 5. The van der Waals surface area contributed by atoms with Crippen LogP contribution in [0.25, 0.3) is 0 Å². The number of nitrogens with one attached hydrogen (secondary N) is 1. The number of aryl methyl sites for hydroxylation is 2. The highest BCUT2D eigenvalue weighted by molar-refractivity contribution is 5.33. The number of hydrazine groups is 1. The predicted molar refractivity (Wildman–Crippen MR) is 70.4 cm³/mol. The standard InChI is InChI=1S/C12H18N6O/c1-4-18-12(10(19-3)7-15-18)11(17-13)9-5-6-14-8(2)16-9/h5-7,11,17H,4,13H2,1-3H3. The predicted octanol–water partition coefficient (Wildman–Crippen LogP) is 0.563. The van der Waals surface area contributed by atoms with E-state index < -0.39 is 0 Å². The van der Waals surface area contributed by atoms with Crippen molar-refractivity contribution in [3.05, 3.63) is 35.7 Å². The van der Waals surface area contributed by atoms with Gasteiger partial charge in [-0.1, -0.05) is 0 Å². The van der Waals surface area contributed by atoms with E-state index in [9.17, 15) is 0 Å². The average molecular weight is 262 g/mol. The van der Waals surface area contributed by atoms with Crippen molar-refractivity contribution in [2.24, 2.45) is 5.84 Å². The van der Waals surface area contributed by atoms with Gasteiger partial charge in [0.05, 0.1) is 19.0 Å². The smallest absolute Gasteiger partial charge is 0.162 e. The molecule has 0 aromatic carbocycles. The van der Waals surface area contributed by atoms with Gasteiger partial charge >= 0.3 is 0 Å². The summed E-state index contributed by atoms with van der Waals surface area (Å²) in [5, 5.41) is 4.27. The van der Waals surface area contributed by atoms with Gasteiger partial charge in [0, 0.05) is 12.7 Å². The molecule has 0 aliphatic rings. The molecule has 0 amide bonds. The van der Waals surface area contributed by atoms with Crippen LogP contribution in [-0.4, -0.2) is 26.9 Å². The molecule has 0 bridgehead atoms. The third-order valence-corrected chi connectivity index (χ3v) is 2.90. The normalized spacial score (nSPS) is 12.4. The van der Waals surface area contributed by atoms with E-state index >= 15 is 0 Å². The van der Waals surface area contributed by atoms with Crippen molar-refractivity contribution in [2.75, 3.05) is 7.11 Å². The zero-order valence-electron chi connectivity index (χ0n) is 11.3. The summed E-state index contributed by atoms with van der Waals surface area (Å²) in [6.45, 7) is 4.57. The Balaban J connectivity index is 2.50. The Hall–Kier alpha value is -1.99. The average Bonchev–Trinajstić information content (AvgIpc) is 2.83. The Morgan fingerprint density at radius 3 is 2.89 bits per heavy atom. The molecule has 0 saturated carbocycles. The fourth-order valence-electron chi connectivity index (χ4n) is 2.02.